The summed E-state index contributed by atoms with van der Waals surface area (Å²) in [6.07, 6.45) is 0. The SMILES string of the molecule is CC(C)CNC(=O)c1cccc(NCc2ccc(-c3ccccc3F)o2)c1. The number of furan rings is 1. The molecular weight excluding hydrogens is 343 g/mol. The summed E-state index contributed by atoms with van der Waals surface area (Å²) >= 11 is 0. The predicted molar refractivity (Wildman–Crippen MR) is 105 cm³/mol. The molecule has 0 unspecified atom stereocenters. The fourth-order valence-corrected chi connectivity index (χ4v) is 2.64. The van der Waals surface area contributed by atoms with Crippen LogP contribution in [0.2, 0.25) is 0 Å². The summed E-state index contributed by atoms with van der Waals surface area (Å²) in [5.41, 5.74) is 1.86. The molecule has 2 aromatic carbocycles. The highest BCUT2D eigenvalue weighted by molar-refractivity contribution is 5.95. The van der Waals surface area contributed by atoms with Crippen LogP contribution in [0.4, 0.5) is 10.1 Å². The van der Waals surface area contributed by atoms with Gasteiger partial charge in [-0.2, -0.15) is 0 Å². The van der Waals surface area contributed by atoms with Gasteiger partial charge in [-0.15, -0.1) is 0 Å². The molecule has 3 aromatic rings. The Morgan fingerprint density at radius 3 is 2.67 bits per heavy atom. The normalized spacial score (nSPS) is 10.8. The smallest absolute Gasteiger partial charge is 0.251 e. The van der Waals surface area contributed by atoms with Crippen LogP contribution in [0.3, 0.4) is 0 Å². The van der Waals surface area contributed by atoms with E-state index in [9.17, 15) is 9.18 Å². The lowest BCUT2D eigenvalue weighted by atomic mass is 10.1. The van der Waals surface area contributed by atoms with Gasteiger partial charge in [-0.1, -0.05) is 32.0 Å². The number of carbonyl (C=O) groups excluding carboxylic acids is 1. The lowest BCUT2D eigenvalue weighted by Gasteiger charge is -2.09. The second-order valence-electron chi connectivity index (χ2n) is 6.78. The van der Waals surface area contributed by atoms with E-state index >= 15 is 0 Å². The Morgan fingerprint density at radius 1 is 1.07 bits per heavy atom. The van der Waals surface area contributed by atoms with Crippen LogP contribution in [0, 0.1) is 11.7 Å². The number of halogens is 1. The summed E-state index contributed by atoms with van der Waals surface area (Å²) in [6, 6.07) is 17.4. The molecule has 5 heteroatoms. The average molecular weight is 366 g/mol. The quantitative estimate of drug-likeness (QED) is 0.613. The van der Waals surface area contributed by atoms with Crippen molar-refractivity contribution in [3.8, 4) is 11.3 Å². The van der Waals surface area contributed by atoms with E-state index < -0.39 is 0 Å². The summed E-state index contributed by atoms with van der Waals surface area (Å²) in [6.45, 7) is 5.18. The lowest BCUT2D eigenvalue weighted by molar-refractivity contribution is 0.0949. The number of amides is 1. The number of rotatable bonds is 7. The number of anilines is 1. The van der Waals surface area contributed by atoms with Gasteiger partial charge < -0.3 is 15.1 Å². The Morgan fingerprint density at radius 2 is 1.89 bits per heavy atom. The van der Waals surface area contributed by atoms with Crippen molar-refractivity contribution in [2.24, 2.45) is 5.92 Å². The molecule has 0 fully saturated rings. The maximum absolute atomic E-state index is 13.9. The first-order valence-electron chi connectivity index (χ1n) is 8.98. The van der Waals surface area contributed by atoms with Gasteiger partial charge in [0.2, 0.25) is 0 Å². The summed E-state index contributed by atoms with van der Waals surface area (Å²) in [5.74, 6) is 1.17. The highest BCUT2D eigenvalue weighted by Gasteiger charge is 2.10. The first-order valence-corrected chi connectivity index (χ1v) is 8.98. The molecule has 0 aliphatic heterocycles. The number of nitrogens with one attached hydrogen (secondary N) is 2. The van der Waals surface area contributed by atoms with E-state index in [1.54, 1.807) is 36.4 Å². The predicted octanol–water partition coefficient (Wildman–Crippen LogP) is 5.08. The van der Waals surface area contributed by atoms with Crippen molar-refractivity contribution in [3.05, 3.63) is 77.8 Å². The van der Waals surface area contributed by atoms with E-state index in [1.807, 2.05) is 18.2 Å². The van der Waals surface area contributed by atoms with E-state index in [0.717, 1.165) is 5.69 Å². The minimum absolute atomic E-state index is 0.0906. The molecule has 3 rings (SSSR count). The van der Waals surface area contributed by atoms with E-state index in [0.29, 0.717) is 41.7 Å². The molecule has 0 bridgehead atoms. The van der Waals surface area contributed by atoms with Crippen LogP contribution in [0.5, 0.6) is 0 Å². The summed E-state index contributed by atoms with van der Waals surface area (Å²) in [5, 5.41) is 6.14. The monoisotopic (exact) mass is 366 g/mol. The summed E-state index contributed by atoms with van der Waals surface area (Å²) in [7, 11) is 0. The van der Waals surface area contributed by atoms with Crippen molar-refractivity contribution in [1.29, 1.82) is 0 Å². The zero-order valence-corrected chi connectivity index (χ0v) is 15.5. The summed E-state index contributed by atoms with van der Waals surface area (Å²) in [4.78, 5) is 12.2. The van der Waals surface area contributed by atoms with E-state index in [2.05, 4.69) is 24.5 Å². The van der Waals surface area contributed by atoms with Gasteiger partial charge in [0.05, 0.1) is 12.1 Å². The first kappa shape index (κ1) is 18.7. The maximum atomic E-state index is 13.9. The van der Waals surface area contributed by atoms with Crippen LogP contribution in [-0.2, 0) is 6.54 Å². The molecule has 1 aromatic heterocycles. The molecule has 0 spiro atoms. The molecule has 4 nitrogen and oxygen atoms in total. The van der Waals surface area contributed by atoms with Crippen molar-refractivity contribution < 1.29 is 13.6 Å². The number of carbonyl (C=O) groups is 1. The van der Waals surface area contributed by atoms with Crippen molar-refractivity contribution >= 4 is 11.6 Å². The Bertz CT molecular complexity index is 918. The molecule has 1 heterocycles. The maximum Gasteiger partial charge on any atom is 0.251 e. The molecule has 0 aliphatic carbocycles. The summed E-state index contributed by atoms with van der Waals surface area (Å²) < 4.78 is 19.6. The first-order chi connectivity index (χ1) is 13.0. The molecule has 0 saturated heterocycles. The second-order valence-corrected chi connectivity index (χ2v) is 6.78. The van der Waals surface area contributed by atoms with Crippen molar-refractivity contribution in [2.75, 3.05) is 11.9 Å². The Labute approximate surface area is 158 Å². The Kier molecular flexibility index (Phi) is 5.91. The van der Waals surface area contributed by atoms with Gasteiger partial charge in [-0.25, -0.2) is 4.39 Å². The molecule has 27 heavy (non-hydrogen) atoms. The third-order valence-electron chi connectivity index (χ3n) is 4.06. The fourth-order valence-electron chi connectivity index (χ4n) is 2.64. The molecule has 0 atom stereocenters. The number of hydrogen-bond donors (Lipinski definition) is 2. The van der Waals surface area contributed by atoms with Gasteiger partial charge in [0.1, 0.15) is 17.3 Å². The van der Waals surface area contributed by atoms with Crippen molar-refractivity contribution in [1.82, 2.24) is 5.32 Å². The average Bonchev–Trinajstić information content (AvgIpc) is 3.14. The van der Waals surface area contributed by atoms with Crippen LogP contribution >= 0.6 is 0 Å². The molecule has 140 valence electrons. The zero-order chi connectivity index (χ0) is 19.2. The van der Waals surface area contributed by atoms with Gasteiger partial charge in [0.25, 0.3) is 5.91 Å². The zero-order valence-electron chi connectivity index (χ0n) is 15.5. The minimum Gasteiger partial charge on any atom is -0.459 e. The minimum atomic E-state index is -0.313. The molecule has 1 amide bonds. The van der Waals surface area contributed by atoms with E-state index in [-0.39, 0.29) is 11.7 Å². The van der Waals surface area contributed by atoms with Crippen LogP contribution in [0.15, 0.2) is 65.1 Å². The molecule has 0 aliphatic rings. The molecule has 2 N–H and O–H groups in total. The van der Waals surface area contributed by atoms with E-state index in [1.165, 1.54) is 6.07 Å². The fraction of sp³-hybridized carbons (Fsp3) is 0.227. The largest absolute Gasteiger partial charge is 0.459 e. The van der Waals surface area contributed by atoms with E-state index in [4.69, 9.17) is 4.42 Å². The van der Waals surface area contributed by atoms with Gasteiger partial charge in [-0.3, -0.25) is 4.79 Å². The van der Waals surface area contributed by atoms with Crippen LogP contribution in [0.1, 0.15) is 30.0 Å². The Balaban J connectivity index is 1.63. The van der Waals surface area contributed by atoms with Gasteiger partial charge in [0, 0.05) is 17.8 Å². The third-order valence-corrected chi connectivity index (χ3v) is 4.06. The number of hydrogen-bond acceptors (Lipinski definition) is 3. The topological polar surface area (TPSA) is 54.3 Å². The van der Waals surface area contributed by atoms with Crippen molar-refractivity contribution in [3.63, 3.8) is 0 Å². The van der Waals surface area contributed by atoms with Crippen LogP contribution in [0.25, 0.3) is 11.3 Å². The second kappa shape index (κ2) is 8.54. The highest BCUT2D eigenvalue weighted by atomic mass is 19.1. The van der Waals surface area contributed by atoms with Crippen molar-refractivity contribution in [2.45, 2.75) is 20.4 Å². The van der Waals surface area contributed by atoms with Crippen LogP contribution < -0.4 is 10.6 Å². The number of benzene rings is 2. The standard InChI is InChI=1S/C22H23FN2O2/c1-15(2)13-25-22(26)16-6-5-7-17(12-16)24-14-18-10-11-21(27-18)19-8-3-4-9-20(19)23/h3-12,15,24H,13-14H2,1-2H3,(H,25,26). The molecular formula is C22H23FN2O2. The van der Waals surface area contributed by atoms with Gasteiger partial charge >= 0.3 is 0 Å². The Hall–Kier alpha value is -3.08. The molecule has 0 radical (unpaired) electrons. The lowest BCUT2D eigenvalue weighted by Crippen LogP contribution is -2.27. The molecule has 0 saturated carbocycles. The van der Waals surface area contributed by atoms with Gasteiger partial charge in [-0.05, 0) is 48.4 Å². The van der Waals surface area contributed by atoms with Gasteiger partial charge in [0.15, 0.2) is 0 Å². The third kappa shape index (κ3) is 4.97. The highest BCUT2D eigenvalue weighted by Crippen LogP contribution is 2.25. The van der Waals surface area contributed by atoms with Crippen LogP contribution in [-0.4, -0.2) is 12.5 Å².